The van der Waals surface area contributed by atoms with Crippen LogP contribution in [0.4, 0.5) is 0 Å². The van der Waals surface area contributed by atoms with Crippen molar-refractivity contribution in [3.05, 3.63) is 78.1 Å². The van der Waals surface area contributed by atoms with Crippen molar-refractivity contribution in [2.24, 2.45) is 5.41 Å². The Morgan fingerprint density at radius 2 is 0.944 bits per heavy atom. The molecule has 0 aliphatic heterocycles. The Labute approximate surface area is 132 Å². The molecule has 0 amide bonds. The van der Waals surface area contributed by atoms with Crippen molar-refractivity contribution >= 4 is 0 Å². The van der Waals surface area contributed by atoms with Crippen molar-refractivity contribution in [1.29, 1.82) is 0 Å². The molecule has 2 rings (SSSR count). The van der Waals surface area contributed by atoms with Crippen LogP contribution in [0, 0.1) is 83.5 Å². The van der Waals surface area contributed by atoms with Crippen LogP contribution in [0.2, 0.25) is 0 Å². The van der Waals surface area contributed by atoms with Gasteiger partial charge in [-0.25, -0.2) is 0 Å². The van der Waals surface area contributed by atoms with Crippen LogP contribution in [0.15, 0.2) is 0 Å². The molecule has 0 heterocycles. The zero-order valence-electron chi connectivity index (χ0n) is 11.6. The Morgan fingerprint density at radius 1 is 0.722 bits per heavy atom. The van der Waals surface area contributed by atoms with E-state index in [1.54, 1.807) is 0 Å². The van der Waals surface area contributed by atoms with E-state index in [4.69, 9.17) is 0 Å². The third-order valence-corrected chi connectivity index (χ3v) is 1.96. The van der Waals surface area contributed by atoms with Crippen molar-refractivity contribution in [3.63, 3.8) is 0 Å². The molecule has 96 valence electrons. The van der Waals surface area contributed by atoms with Crippen molar-refractivity contribution in [3.8, 4) is 0 Å². The molecule has 0 aromatic rings. The Bertz CT molecular complexity index is 113. The average molecular weight is 276 g/mol. The fourth-order valence-electron chi connectivity index (χ4n) is 1.25. The van der Waals surface area contributed by atoms with E-state index in [0.29, 0.717) is 0 Å². The van der Waals surface area contributed by atoms with Crippen LogP contribution in [-0.4, -0.2) is 0 Å². The Balaban J connectivity index is 0. The molecule has 1 heteroatoms. The summed E-state index contributed by atoms with van der Waals surface area (Å²) in [5.41, 5.74) is 0.0503. The van der Waals surface area contributed by atoms with Crippen LogP contribution in [0.1, 0.15) is 26.7 Å². The largest absolute Gasteiger partial charge is 2.00 e. The molecular weight excluding hydrogens is 252 g/mol. The molecule has 0 aromatic carbocycles. The maximum absolute atomic E-state index is 3.85. The summed E-state index contributed by atoms with van der Waals surface area (Å²) in [5.74, 6) is 0. The molecule has 0 N–H and O–H groups in total. The van der Waals surface area contributed by atoms with E-state index >= 15 is 0 Å². The van der Waals surface area contributed by atoms with E-state index in [-0.39, 0.29) is 27.1 Å². The molecule has 2 aliphatic rings. The molecule has 0 aromatic heterocycles. The van der Waals surface area contributed by atoms with Gasteiger partial charge in [-0.2, -0.15) is 0 Å². The zero-order valence-corrected chi connectivity index (χ0v) is 13.2. The molecule has 0 spiro atoms. The fraction of sp³-hybridized carbons (Fsp3) is 0.294. The smallest absolute Gasteiger partial charge is 0.367 e. The minimum atomic E-state index is 0. The average Bonchev–Trinajstić information content (AvgIpc) is 2.96. The first-order valence-corrected chi connectivity index (χ1v) is 6.10. The third kappa shape index (κ3) is 19.1. The quantitative estimate of drug-likeness (QED) is 0.514. The summed E-state index contributed by atoms with van der Waals surface area (Å²) in [6.07, 6.45) is 22.3. The summed E-state index contributed by atoms with van der Waals surface area (Å²) in [6.45, 7) is 11.9. The summed E-state index contributed by atoms with van der Waals surface area (Å²) in [4.78, 5) is 0. The van der Waals surface area contributed by atoms with Gasteiger partial charge in [-0.1, -0.05) is 13.3 Å². The van der Waals surface area contributed by atoms with Crippen LogP contribution in [0.5, 0.6) is 0 Å². The summed E-state index contributed by atoms with van der Waals surface area (Å²) >= 11 is 0. The predicted molar refractivity (Wildman–Crippen MR) is 76.7 cm³/mol. The molecule has 0 unspecified atom stereocenters. The molecular formula is C17H24Ti. The second-order valence-corrected chi connectivity index (χ2v) is 4.49. The molecule has 0 nitrogen and oxygen atoms in total. The first kappa shape index (κ1) is 21.0. The molecule has 0 bridgehead atoms. The second kappa shape index (κ2) is 14.1. The molecule has 18 heavy (non-hydrogen) atoms. The van der Waals surface area contributed by atoms with E-state index in [1.807, 2.05) is 64.2 Å². The summed E-state index contributed by atoms with van der Waals surface area (Å²) in [6, 6.07) is 0. The Hall–Kier alpha value is 0.714. The van der Waals surface area contributed by atoms with Crippen LogP contribution < -0.4 is 0 Å². The molecule has 2 fully saturated rings. The summed E-state index contributed by atoms with van der Waals surface area (Å²) < 4.78 is 0. The van der Waals surface area contributed by atoms with Crippen molar-refractivity contribution in [1.82, 2.24) is 0 Å². The molecule has 2 aliphatic carbocycles. The van der Waals surface area contributed by atoms with Gasteiger partial charge >= 0.3 is 21.7 Å². The Morgan fingerprint density at radius 3 is 1.00 bits per heavy atom. The van der Waals surface area contributed by atoms with Gasteiger partial charge < -0.3 is 13.8 Å². The van der Waals surface area contributed by atoms with Gasteiger partial charge in [0.2, 0.25) is 0 Å². The van der Waals surface area contributed by atoms with Gasteiger partial charge in [0.1, 0.15) is 0 Å². The summed E-state index contributed by atoms with van der Waals surface area (Å²) in [5, 5.41) is 0. The zero-order chi connectivity index (χ0) is 13.0. The Kier molecular flexibility index (Phi) is 16.5. The van der Waals surface area contributed by atoms with E-state index in [1.165, 1.54) is 6.42 Å². The number of hydrogen-bond donors (Lipinski definition) is 0. The normalized spacial score (nSPS) is 18.0. The van der Waals surface area contributed by atoms with E-state index < -0.39 is 0 Å². The predicted octanol–water partition coefficient (Wildman–Crippen LogP) is 4.50. The van der Waals surface area contributed by atoms with Crippen LogP contribution in [0.3, 0.4) is 0 Å². The van der Waals surface area contributed by atoms with Crippen LogP contribution in [-0.2, 0) is 21.7 Å². The fourth-order valence-corrected chi connectivity index (χ4v) is 1.25. The van der Waals surface area contributed by atoms with Crippen molar-refractivity contribution in [2.75, 3.05) is 0 Å². The maximum Gasteiger partial charge on any atom is 2.00 e. The first-order chi connectivity index (χ1) is 8.06. The second-order valence-electron chi connectivity index (χ2n) is 4.49. The van der Waals surface area contributed by atoms with Crippen molar-refractivity contribution in [2.45, 2.75) is 26.7 Å². The first-order valence-electron chi connectivity index (χ1n) is 6.10. The van der Waals surface area contributed by atoms with Gasteiger partial charge in [-0.05, 0) is 64.2 Å². The van der Waals surface area contributed by atoms with Gasteiger partial charge in [0.05, 0.1) is 0 Å². The molecule has 0 atom stereocenters. The topological polar surface area (TPSA) is 0 Å². The standard InChI is InChI=1S/C7H14.2C5H5.Ti/c1-5-6-7(2,3)4;2*1-2-4-5-3-1;/h2-3,5-6H2,1,4H3;2*1-5H;/q-2;;;+2. The minimum Gasteiger partial charge on any atom is -0.367 e. The van der Waals surface area contributed by atoms with E-state index in [0.717, 1.165) is 6.42 Å². The minimum absolute atomic E-state index is 0. The maximum atomic E-state index is 3.85. The molecule has 10 radical (unpaired) electrons. The van der Waals surface area contributed by atoms with Gasteiger partial charge in [-0.15, -0.1) is 13.3 Å². The van der Waals surface area contributed by atoms with Gasteiger partial charge in [0.15, 0.2) is 0 Å². The van der Waals surface area contributed by atoms with Gasteiger partial charge in [0, 0.05) is 0 Å². The van der Waals surface area contributed by atoms with E-state index in [9.17, 15) is 0 Å². The van der Waals surface area contributed by atoms with Crippen LogP contribution in [0.25, 0.3) is 0 Å². The van der Waals surface area contributed by atoms with Crippen molar-refractivity contribution < 1.29 is 21.7 Å². The third-order valence-electron chi connectivity index (χ3n) is 1.96. The monoisotopic (exact) mass is 276 g/mol. The molecule has 2 saturated carbocycles. The van der Waals surface area contributed by atoms with Gasteiger partial charge in [0.25, 0.3) is 0 Å². The number of rotatable bonds is 2. The molecule has 0 saturated heterocycles. The summed E-state index contributed by atoms with van der Waals surface area (Å²) in [7, 11) is 0. The number of hydrogen-bond acceptors (Lipinski definition) is 0. The van der Waals surface area contributed by atoms with E-state index in [2.05, 4.69) is 27.7 Å². The van der Waals surface area contributed by atoms with Gasteiger partial charge in [-0.3, -0.25) is 5.41 Å². The van der Waals surface area contributed by atoms with Crippen LogP contribution >= 0.6 is 0 Å². The SMILES string of the molecule is [CH2-]C([CH2-])(C)CCC.[CH]1[CH][CH][CH][CH]1.[CH]1[CH][CH][CH][CH]1.[Ti+2].